The molecule has 0 bridgehead atoms. The molecule has 104 valence electrons. The highest BCUT2D eigenvalue weighted by molar-refractivity contribution is 7.89. The lowest BCUT2D eigenvalue weighted by atomic mass is 9.93. The van der Waals surface area contributed by atoms with Gasteiger partial charge in [-0.15, -0.1) is 0 Å². The first-order valence-electron chi connectivity index (χ1n) is 5.53. The quantitative estimate of drug-likeness (QED) is 0.721. The van der Waals surface area contributed by atoms with Crippen LogP contribution < -0.4 is 11.5 Å². The number of nitrogen functional groups attached to an aromatic ring is 1. The summed E-state index contributed by atoms with van der Waals surface area (Å²) in [7, 11) is -2.32. The van der Waals surface area contributed by atoms with Crippen molar-refractivity contribution in [2.24, 2.45) is 10.7 Å². The minimum Gasteiger partial charge on any atom is -0.399 e. The van der Waals surface area contributed by atoms with Crippen molar-refractivity contribution in [3.63, 3.8) is 0 Å². The van der Waals surface area contributed by atoms with Gasteiger partial charge >= 0.3 is 0 Å². The summed E-state index contributed by atoms with van der Waals surface area (Å²) in [5, 5.41) is 0. The number of aliphatic imine (C=N–C) groups is 1. The third kappa shape index (κ3) is 2.23. The second-order valence-electron chi connectivity index (χ2n) is 4.71. The highest BCUT2D eigenvalue weighted by Crippen LogP contribution is 2.34. The summed E-state index contributed by atoms with van der Waals surface area (Å²) in [4.78, 5) is 4.11. The van der Waals surface area contributed by atoms with Crippen LogP contribution in [-0.4, -0.2) is 31.5 Å². The first kappa shape index (κ1) is 13.6. The van der Waals surface area contributed by atoms with Crippen LogP contribution in [0.1, 0.15) is 12.5 Å². The van der Waals surface area contributed by atoms with Crippen LogP contribution in [-0.2, 0) is 15.6 Å². The second-order valence-corrected chi connectivity index (χ2v) is 6.71. The molecule has 4 N–H and O–H groups in total. The fourth-order valence-electron chi connectivity index (χ4n) is 2.04. The number of nitrogens with zero attached hydrogens (tertiary/aromatic N) is 2. The molecular weight excluding hydrogens is 271 g/mol. The third-order valence-corrected chi connectivity index (χ3v) is 5.08. The summed E-state index contributed by atoms with van der Waals surface area (Å²) in [6, 6.07) is 3.97. The molecule has 8 heteroatoms. The molecule has 0 amide bonds. The maximum absolute atomic E-state index is 13.9. The van der Waals surface area contributed by atoms with E-state index in [2.05, 4.69) is 4.99 Å². The van der Waals surface area contributed by atoms with Gasteiger partial charge in [-0.1, -0.05) is 0 Å². The molecule has 0 radical (unpaired) electrons. The first-order valence-corrected chi connectivity index (χ1v) is 7.14. The molecule has 1 atom stereocenters. The smallest absolute Gasteiger partial charge is 0.239 e. The molecule has 1 unspecified atom stereocenters. The van der Waals surface area contributed by atoms with E-state index >= 15 is 0 Å². The van der Waals surface area contributed by atoms with E-state index in [0.717, 1.165) is 4.31 Å². The zero-order chi connectivity index (χ0) is 14.4. The van der Waals surface area contributed by atoms with Gasteiger partial charge in [0.05, 0.1) is 5.75 Å². The van der Waals surface area contributed by atoms with Gasteiger partial charge in [0.1, 0.15) is 11.4 Å². The average molecular weight is 286 g/mol. The Morgan fingerprint density at radius 2 is 2.05 bits per heavy atom. The van der Waals surface area contributed by atoms with Crippen LogP contribution in [0.15, 0.2) is 23.2 Å². The molecule has 0 aliphatic carbocycles. The molecule has 19 heavy (non-hydrogen) atoms. The maximum atomic E-state index is 13.9. The van der Waals surface area contributed by atoms with E-state index in [1.165, 1.54) is 32.2 Å². The summed E-state index contributed by atoms with van der Waals surface area (Å²) < 4.78 is 38.8. The predicted octanol–water partition coefficient (Wildman–Crippen LogP) is 0.213. The molecule has 0 spiro atoms. The van der Waals surface area contributed by atoms with Gasteiger partial charge in [0, 0.05) is 18.3 Å². The van der Waals surface area contributed by atoms with Gasteiger partial charge in [-0.05, 0) is 25.1 Å². The minimum atomic E-state index is -3.63. The molecular formula is C11H15FN4O2S. The van der Waals surface area contributed by atoms with Crippen molar-refractivity contribution in [1.82, 2.24) is 4.31 Å². The molecule has 1 aliphatic rings. The standard InChI is InChI=1S/C11H15FN4O2S/c1-11(8-5-7(13)3-4-9(8)12)6-19(17,18)16(2)10(14)15-11/h3-5H,6,13H2,1-2H3,(H2,14,15). The van der Waals surface area contributed by atoms with Crippen LogP contribution in [0.4, 0.5) is 10.1 Å². The molecule has 1 aromatic rings. The topological polar surface area (TPSA) is 102 Å². The molecule has 0 saturated heterocycles. The molecule has 1 aromatic carbocycles. The van der Waals surface area contributed by atoms with E-state index < -0.39 is 21.4 Å². The summed E-state index contributed by atoms with van der Waals surface area (Å²) in [5.41, 5.74) is 10.4. The Morgan fingerprint density at radius 1 is 1.42 bits per heavy atom. The number of benzene rings is 1. The van der Waals surface area contributed by atoms with E-state index in [0.29, 0.717) is 5.69 Å². The van der Waals surface area contributed by atoms with Gasteiger partial charge in [-0.3, -0.25) is 0 Å². The predicted molar refractivity (Wildman–Crippen MR) is 71.3 cm³/mol. The molecule has 1 aliphatic heterocycles. The summed E-state index contributed by atoms with van der Waals surface area (Å²) in [6.07, 6.45) is 0. The lowest BCUT2D eigenvalue weighted by Gasteiger charge is -2.34. The number of halogens is 1. The van der Waals surface area contributed by atoms with Gasteiger partial charge in [0.25, 0.3) is 0 Å². The zero-order valence-electron chi connectivity index (χ0n) is 10.6. The number of guanidine groups is 1. The Balaban J connectivity index is 2.64. The SMILES string of the molecule is CN1C(N)=NC(C)(c2cc(N)ccc2F)CS1(=O)=O. The third-order valence-electron chi connectivity index (χ3n) is 3.14. The summed E-state index contributed by atoms with van der Waals surface area (Å²) in [5.74, 6) is -1.10. The van der Waals surface area contributed by atoms with Gasteiger partial charge in [-0.25, -0.2) is 22.1 Å². The summed E-state index contributed by atoms with van der Waals surface area (Å²) in [6.45, 7) is 1.52. The number of hydrogen-bond donors (Lipinski definition) is 2. The van der Waals surface area contributed by atoms with Crippen LogP contribution in [0.25, 0.3) is 0 Å². The van der Waals surface area contributed by atoms with Crippen molar-refractivity contribution >= 4 is 21.7 Å². The zero-order valence-corrected chi connectivity index (χ0v) is 11.4. The van der Waals surface area contributed by atoms with Crippen molar-refractivity contribution in [3.8, 4) is 0 Å². The van der Waals surface area contributed by atoms with Crippen LogP contribution in [0.2, 0.25) is 0 Å². The van der Waals surface area contributed by atoms with E-state index in [9.17, 15) is 12.8 Å². The van der Waals surface area contributed by atoms with Gasteiger partial charge in [0.2, 0.25) is 16.0 Å². The Bertz CT molecular complexity index is 659. The Kier molecular flexibility index (Phi) is 2.93. The molecule has 2 rings (SSSR count). The fraction of sp³-hybridized carbons (Fsp3) is 0.364. The Morgan fingerprint density at radius 3 is 2.63 bits per heavy atom. The van der Waals surface area contributed by atoms with Gasteiger partial charge < -0.3 is 11.5 Å². The lowest BCUT2D eigenvalue weighted by Crippen LogP contribution is -2.50. The second kappa shape index (κ2) is 4.09. The molecule has 0 fully saturated rings. The van der Waals surface area contributed by atoms with Crippen molar-refractivity contribution in [1.29, 1.82) is 0 Å². The van der Waals surface area contributed by atoms with Crippen molar-refractivity contribution < 1.29 is 12.8 Å². The van der Waals surface area contributed by atoms with E-state index in [-0.39, 0.29) is 17.3 Å². The number of sulfonamides is 1. The van der Waals surface area contributed by atoms with Crippen molar-refractivity contribution in [2.45, 2.75) is 12.5 Å². The van der Waals surface area contributed by atoms with Gasteiger partial charge in [-0.2, -0.15) is 0 Å². The van der Waals surface area contributed by atoms with E-state index in [1.54, 1.807) is 0 Å². The Hall–Kier alpha value is -1.83. The minimum absolute atomic E-state index is 0.118. The Labute approximate surface area is 111 Å². The van der Waals surface area contributed by atoms with E-state index in [4.69, 9.17) is 11.5 Å². The van der Waals surface area contributed by atoms with Crippen molar-refractivity contribution in [3.05, 3.63) is 29.6 Å². The van der Waals surface area contributed by atoms with Crippen LogP contribution in [0.3, 0.4) is 0 Å². The number of rotatable bonds is 1. The van der Waals surface area contributed by atoms with E-state index in [1.807, 2.05) is 0 Å². The largest absolute Gasteiger partial charge is 0.399 e. The first-order chi connectivity index (χ1) is 8.66. The molecule has 0 saturated carbocycles. The number of hydrogen-bond acceptors (Lipinski definition) is 5. The van der Waals surface area contributed by atoms with Crippen LogP contribution in [0, 0.1) is 5.82 Å². The monoisotopic (exact) mass is 286 g/mol. The van der Waals surface area contributed by atoms with Crippen LogP contribution >= 0.6 is 0 Å². The normalized spacial score (nSPS) is 26.1. The fourth-order valence-corrected chi connectivity index (χ4v) is 3.49. The van der Waals surface area contributed by atoms with Crippen LogP contribution in [0.5, 0.6) is 0 Å². The number of nitrogens with two attached hydrogens (primary N) is 2. The highest BCUT2D eigenvalue weighted by atomic mass is 32.2. The molecule has 6 nitrogen and oxygen atoms in total. The van der Waals surface area contributed by atoms with Gasteiger partial charge in [0.15, 0.2) is 0 Å². The highest BCUT2D eigenvalue weighted by Gasteiger charge is 2.41. The number of anilines is 1. The molecule has 1 heterocycles. The average Bonchev–Trinajstić information content (AvgIpc) is 2.28. The molecule has 0 aromatic heterocycles. The maximum Gasteiger partial charge on any atom is 0.239 e. The van der Waals surface area contributed by atoms with Crippen molar-refractivity contribution in [2.75, 3.05) is 18.5 Å². The summed E-state index contributed by atoms with van der Waals surface area (Å²) >= 11 is 0. The lowest BCUT2D eigenvalue weighted by molar-refractivity contribution is 0.458.